The Hall–Kier alpha value is -0.670. The van der Waals surface area contributed by atoms with Crippen LogP contribution in [0.25, 0.3) is 0 Å². The predicted molar refractivity (Wildman–Crippen MR) is 43.8 cm³/mol. The molecule has 1 aliphatic rings. The molecule has 2 rings (SSSR count). The number of hydrazine groups is 1. The summed E-state index contributed by atoms with van der Waals surface area (Å²) in [7, 11) is 2.01. The van der Waals surface area contributed by atoms with Crippen molar-refractivity contribution in [2.45, 2.75) is 4.90 Å². The zero-order chi connectivity index (χ0) is 6.97. The van der Waals surface area contributed by atoms with Crippen LogP contribution in [0.3, 0.4) is 0 Å². The number of hydrogen-bond acceptors (Lipinski definition) is 3. The normalized spacial score (nSPS) is 15.5. The monoisotopic (exact) mass is 152 g/mol. The van der Waals surface area contributed by atoms with Crippen LogP contribution in [0.15, 0.2) is 29.2 Å². The Morgan fingerprint density at radius 2 is 2.20 bits per heavy atom. The van der Waals surface area contributed by atoms with E-state index in [1.54, 1.807) is 11.9 Å². The minimum absolute atomic E-state index is 1.26. The van der Waals surface area contributed by atoms with E-state index in [0.29, 0.717) is 0 Å². The molecule has 1 N–H and O–H groups in total. The second-order valence-corrected chi connectivity index (χ2v) is 3.05. The van der Waals surface area contributed by atoms with Gasteiger partial charge in [-0.25, -0.2) is 0 Å². The van der Waals surface area contributed by atoms with E-state index in [1.165, 1.54) is 10.6 Å². The van der Waals surface area contributed by atoms with E-state index in [2.05, 4.69) is 17.0 Å². The van der Waals surface area contributed by atoms with Crippen molar-refractivity contribution in [1.29, 1.82) is 0 Å². The molecular formula is C7H8N2S. The van der Waals surface area contributed by atoms with Gasteiger partial charge in [-0.3, -0.25) is 0 Å². The highest BCUT2D eigenvalue weighted by atomic mass is 32.2. The fourth-order valence-electron chi connectivity index (χ4n) is 0.987. The number of anilines is 1. The van der Waals surface area contributed by atoms with E-state index in [4.69, 9.17) is 0 Å². The molecule has 0 radical (unpaired) electrons. The van der Waals surface area contributed by atoms with E-state index < -0.39 is 0 Å². The fourth-order valence-corrected chi connectivity index (χ4v) is 1.78. The van der Waals surface area contributed by atoms with Gasteiger partial charge in [-0.2, -0.15) is 4.83 Å². The van der Waals surface area contributed by atoms with Crippen molar-refractivity contribution in [2.24, 2.45) is 0 Å². The van der Waals surface area contributed by atoms with Crippen LogP contribution in [0, 0.1) is 0 Å². The van der Waals surface area contributed by atoms with Crippen LogP contribution < -0.4 is 9.84 Å². The molecule has 0 saturated heterocycles. The van der Waals surface area contributed by atoms with E-state index >= 15 is 0 Å². The van der Waals surface area contributed by atoms with Crippen molar-refractivity contribution in [3.8, 4) is 0 Å². The van der Waals surface area contributed by atoms with Gasteiger partial charge in [0.15, 0.2) is 0 Å². The highest BCUT2D eigenvalue weighted by Gasteiger charge is 2.13. The Balaban J connectivity index is 2.51. The smallest absolute Gasteiger partial charge is 0.0675 e. The highest BCUT2D eigenvalue weighted by Crippen LogP contribution is 2.32. The van der Waals surface area contributed by atoms with Crippen molar-refractivity contribution in [3.63, 3.8) is 0 Å². The van der Waals surface area contributed by atoms with Gasteiger partial charge in [0, 0.05) is 11.9 Å². The van der Waals surface area contributed by atoms with E-state index in [-0.39, 0.29) is 0 Å². The lowest BCUT2D eigenvalue weighted by Gasteiger charge is -2.08. The summed E-state index contributed by atoms with van der Waals surface area (Å²) in [6.07, 6.45) is 0. The molecule has 0 atom stereocenters. The SMILES string of the molecule is CN1NSc2ccccc21. The van der Waals surface area contributed by atoms with Crippen LogP contribution in [0.4, 0.5) is 5.69 Å². The topological polar surface area (TPSA) is 15.3 Å². The van der Waals surface area contributed by atoms with E-state index in [9.17, 15) is 0 Å². The first kappa shape index (κ1) is 6.07. The number of nitrogens with one attached hydrogen (secondary N) is 1. The molecule has 0 aromatic heterocycles. The second kappa shape index (κ2) is 2.18. The maximum Gasteiger partial charge on any atom is 0.0675 e. The number of para-hydroxylation sites is 1. The molecule has 3 heteroatoms. The number of benzene rings is 1. The van der Waals surface area contributed by atoms with Crippen molar-refractivity contribution in [1.82, 2.24) is 4.83 Å². The minimum Gasteiger partial charge on any atom is -0.300 e. The lowest BCUT2D eigenvalue weighted by Crippen LogP contribution is -2.22. The molecule has 0 unspecified atom stereocenters. The van der Waals surface area contributed by atoms with Gasteiger partial charge in [0.2, 0.25) is 0 Å². The van der Waals surface area contributed by atoms with E-state index in [0.717, 1.165) is 0 Å². The zero-order valence-corrected chi connectivity index (χ0v) is 6.48. The lowest BCUT2D eigenvalue weighted by atomic mass is 10.3. The molecule has 0 spiro atoms. The number of nitrogens with zero attached hydrogens (tertiary/aromatic N) is 1. The molecule has 0 fully saturated rings. The van der Waals surface area contributed by atoms with Gasteiger partial charge >= 0.3 is 0 Å². The summed E-state index contributed by atoms with van der Waals surface area (Å²) in [5.74, 6) is 0. The van der Waals surface area contributed by atoms with Crippen molar-refractivity contribution in [3.05, 3.63) is 24.3 Å². The Bertz CT molecular complexity index is 249. The number of hydrogen-bond donors (Lipinski definition) is 1. The lowest BCUT2D eigenvalue weighted by molar-refractivity contribution is 0.951. The summed E-state index contributed by atoms with van der Waals surface area (Å²) in [4.78, 5) is 4.43. The first-order valence-corrected chi connectivity index (χ1v) is 3.95. The van der Waals surface area contributed by atoms with Gasteiger partial charge in [-0.05, 0) is 24.1 Å². The Morgan fingerprint density at radius 1 is 1.40 bits per heavy atom. The van der Waals surface area contributed by atoms with Gasteiger partial charge < -0.3 is 5.01 Å². The van der Waals surface area contributed by atoms with Crippen LogP contribution in [0.1, 0.15) is 0 Å². The van der Waals surface area contributed by atoms with Gasteiger partial charge in [-0.15, -0.1) is 0 Å². The van der Waals surface area contributed by atoms with Crippen molar-refractivity contribution < 1.29 is 0 Å². The molecule has 0 amide bonds. The van der Waals surface area contributed by atoms with Gasteiger partial charge in [0.1, 0.15) is 0 Å². The summed E-state index contributed by atoms with van der Waals surface area (Å²) >= 11 is 1.65. The first-order valence-electron chi connectivity index (χ1n) is 3.13. The molecule has 1 aliphatic heterocycles. The van der Waals surface area contributed by atoms with E-state index in [1.807, 2.05) is 24.2 Å². The number of fused-ring (bicyclic) bond motifs is 1. The Kier molecular flexibility index (Phi) is 1.32. The third kappa shape index (κ3) is 0.786. The first-order chi connectivity index (χ1) is 4.88. The summed E-state index contributed by atoms with van der Waals surface area (Å²) in [5.41, 5.74) is 1.26. The van der Waals surface area contributed by atoms with Crippen LogP contribution >= 0.6 is 11.9 Å². The Labute approximate surface area is 64.3 Å². The predicted octanol–water partition coefficient (Wildman–Crippen LogP) is 1.65. The van der Waals surface area contributed by atoms with Gasteiger partial charge in [0.05, 0.1) is 5.69 Å². The molecule has 1 heterocycles. The summed E-state index contributed by atoms with van der Waals surface area (Å²) in [6, 6.07) is 8.30. The van der Waals surface area contributed by atoms with Crippen LogP contribution in [-0.2, 0) is 0 Å². The average Bonchev–Trinajstić information content (AvgIpc) is 2.34. The quantitative estimate of drug-likeness (QED) is 0.569. The third-order valence-electron chi connectivity index (χ3n) is 1.52. The average molecular weight is 152 g/mol. The Morgan fingerprint density at radius 3 is 3.00 bits per heavy atom. The summed E-state index contributed by atoms with van der Waals surface area (Å²) < 4.78 is 0. The van der Waals surface area contributed by atoms with Crippen molar-refractivity contribution in [2.75, 3.05) is 12.1 Å². The summed E-state index contributed by atoms with van der Waals surface area (Å²) in [5, 5.41) is 2.01. The maximum absolute atomic E-state index is 3.13. The highest BCUT2D eigenvalue weighted by molar-refractivity contribution is 7.98. The molecule has 10 heavy (non-hydrogen) atoms. The second-order valence-electron chi connectivity index (χ2n) is 2.22. The molecule has 0 bridgehead atoms. The molecule has 2 nitrogen and oxygen atoms in total. The number of rotatable bonds is 0. The minimum atomic E-state index is 1.26. The molecule has 52 valence electrons. The zero-order valence-electron chi connectivity index (χ0n) is 5.66. The standard InChI is InChI=1S/C7H8N2S/c1-9-6-4-2-3-5-7(6)10-8-9/h2-5,8H,1H3. The molecule has 0 saturated carbocycles. The van der Waals surface area contributed by atoms with Crippen LogP contribution in [0.2, 0.25) is 0 Å². The third-order valence-corrected chi connectivity index (χ3v) is 2.45. The van der Waals surface area contributed by atoms with Crippen LogP contribution in [-0.4, -0.2) is 7.05 Å². The molecule has 1 aromatic rings. The van der Waals surface area contributed by atoms with Gasteiger partial charge in [0.25, 0.3) is 0 Å². The molecule has 0 aliphatic carbocycles. The summed E-state index contributed by atoms with van der Waals surface area (Å²) in [6.45, 7) is 0. The van der Waals surface area contributed by atoms with Crippen LogP contribution in [0.5, 0.6) is 0 Å². The molecular weight excluding hydrogens is 144 g/mol. The largest absolute Gasteiger partial charge is 0.300 e. The molecule has 1 aromatic carbocycles. The van der Waals surface area contributed by atoms with Crippen molar-refractivity contribution >= 4 is 17.6 Å². The maximum atomic E-state index is 3.13. The fraction of sp³-hybridized carbons (Fsp3) is 0.143. The van der Waals surface area contributed by atoms with Gasteiger partial charge in [-0.1, -0.05) is 12.1 Å².